The lowest BCUT2D eigenvalue weighted by atomic mass is 10.2. The van der Waals surface area contributed by atoms with Gasteiger partial charge in [0.05, 0.1) is 6.61 Å². The van der Waals surface area contributed by atoms with Crippen LogP contribution in [-0.4, -0.2) is 47.2 Å². The molecule has 2 heterocycles. The largest absolute Gasteiger partial charge is 0.384 e. The quantitative estimate of drug-likeness (QED) is 0.839. The summed E-state index contributed by atoms with van der Waals surface area (Å²) in [5, 5.41) is 1.08. The van der Waals surface area contributed by atoms with Crippen molar-refractivity contribution in [2.24, 2.45) is 0 Å². The van der Waals surface area contributed by atoms with Crippen LogP contribution in [0.25, 0.3) is 0 Å². The van der Waals surface area contributed by atoms with Crippen molar-refractivity contribution in [3.8, 4) is 0 Å². The zero-order valence-electron chi connectivity index (χ0n) is 10.4. The Bertz CT molecular complexity index is 345. The molecule has 0 N–H and O–H groups in total. The van der Waals surface area contributed by atoms with Gasteiger partial charge in [0.25, 0.3) is 0 Å². The number of aromatic nitrogens is 2. The van der Waals surface area contributed by atoms with Crippen LogP contribution in [0.15, 0.2) is 0 Å². The van der Waals surface area contributed by atoms with E-state index in [-0.39, 0.29) is 0 Å². The highest BCUT2D eigenvalue weighted by Gasteiger charge is 2.20. The molecule has 17 heavy (non-hydrogen) atoms. The number of nitrogens with zero attached hydrogens (tertiary/aromatic N) is 3. The normalized spacial score (nSPS) is 21.5. The van der Waals surface area contributed by atoms with Crippen molar-refractivity contribution in [1.29, 1.82) is 0 Å². The van der Waals surface area contributed by atoms with E-state index in [1.54, 1.807) is 7.11 Å². The van der Waals surface area contributed by atoms with Crippen LogP contribution in [0, 0.1) is 0 Å². The van der Waals surface area contributed by atoms with Crippen molar-refractivity contribution < 1.29 is 4.74 Å². The predicted octanol–water partition coefficient (Wildman–Crippen LogP) is 2.06. The van der Waals surface area contributed by atoms with Crippen molar-refractivity contribution >= 4 is 28.4 Å². The summed E-state index contributed by atoms with van der Waals surface area (Å²) in [6.45, 7) is 4.06. The van der Waals surface area contributed by atoms with Gasteiger partial charge in [0.15, 0.2) is 0 Å². The molecule has 0 aromatic carbocycles. The van der Waals surface area contributed by atoms with Crippen molar-refractivity contribution in [2.45, 2.75) is 25.8 Å². The number of ether oxygens (including phenoxy) is 1. The minimum absolute atomic E-state index is 0.577. The maximum Gasteiger partial charge on any atom is 0.205 e. The number of methoxy groups -OCH3 is 1. The van der Waals surface area contributed by atoms with Crippen LogP contribution in [0.1, 0.15) is 19.2 Å². The van der Waals surface area contributed by atoms with E-state index in [1.165, 1.54) is 29.5 Å². The highest BCUT2D eigenvalue weighted by Crippen LogP contribution is 2.25. The number of thioether (sulfide) groups is 1. The van der Waals surface area contributed by atoms with Gasteiger partial charge in [0, 0.05) is 43.4 Å². The topological polar surface area (TPSA) is 38.2 Å². The van der Waals surface area contributed by atoms with Crippen LogP contribution in [0.5, 0.6) is 0 Å². The third kappa shape index (κ3) is 3.56. The van der Waals surface area contributed by atoms with Gasteiger partial charge in [-0.3, -0.25) is 0 Å². The smallest absolute Gasteiger partial charge is 0.205 e. The summed E-state index contributed by atoms with van der Waals surface area (Å²) in [4.78, 5) is 7.00. The molecular formula is C11H19N3OS2. The van der Waals surface area contributed by atoms with Gasteiger partial charge < -0.3 is 9.64 Å². The standard InChI is InChI=1S/C11H19N3OS2/c1-9-4-7-16-8-5-14(9)11-12-10(13-17-11)3-6-15-2/h9H,3-8H2,1-2H3. The van der Waals surface area contributed by atoms with E-state index in [2.05, 4.69) is 21.2 Å². The van der Waals surface area contributed by atoms with E-state index < -0.39 is 0 Å². The maximum absolute atomic E-state index is 5.05. The lowest BCUT2D eigenvalue weighted by Crippen LogP contribution is -2.33. The molecular weight excluding hydrogens is 254 g/mol. The Morgan fingerprint density at radius 2 is 2.35 bits per heavy atom. The fourth-order valence-electron chi connectivity index (χ4n) is 1.84. The Hall–Kier alpha value is -0.330. The average molecular weight is 273 g/mol. The van der Waals surface area contributed by atoms with E-state index in [0.717, 1.165) is 23.9 Å². The van der Waals surface area contributed by atoms with Crippen LogP contribution in [0.4, 0.5) is 5.13 Å². The summed E-state index contributed by atoms with van der Waals surface area (Å²) in [5.41, 5.74) is 0. The van der Waals surface area contributed by atoms with Crippen molar-refractivity contribution in [2.75, 3.05) is 36.7 Å². The van der Waals surface area contributed by atoms with Crippen LogP contribution in [-0.2, 0) is 11.2 Å². The van der Waals surface area contributed by atoms with Gasteiger partial charge in [0.1, 0.15) is 5.82 Å². The molecule has 1 aliphatic rings. The SMILES string of the molecule is COCCc1nsc(N2CCSCCC2C)n1. The van der Waals surface area contributed by atoms with Gasteiger partial charge in [-0.05, 0) is 19.1 Å². The van der Waals surface area contributed by atoms with Crippen LogP contribution < -0.4 is 4.90 Å². The highest BCUT2D eigenvalue weighted by atomic mass is 32.2. The van der Waals surface area contributed by atoms with Crippen molar-refractivity contribution in [1.82, 2.24) is 9.36 Å². The summed E-state index contributed by atoms with van der Waals surface area (Å²) >= 11 is 3.55. The summed E-state index contributed by atoms with van der Waals surface area (Å²) in [5.74, 6) is 3.36. The average Bonchev–Trinajstić information content (AvgIpc) is 2.69. The van der Waals surface area contributed by atoms with E-state index in [9.17, 15) is 0 Å². The zero-order chi connectivity index (χ0) is 12.1. The first-order chi connectivity index (χ1) is 8.31. The molecule has 1 aromatic rings. The van der Waals surface area contributed by atoms with Gasteiger partial charge in [-0.15, -0.1) is 0 Å². The first kappa shape index (κ1) is 13.1. The molecule has 1 atom stereocenters. The first-order valence-electron chi connectivity index (χ1n) is 5.97. The lowest BCUT2D eigenvalue weighted by molar-refractivity contribution is 0.201. The summed E-state index contributed by atoms with van der Waals surface area (Å²) in [6.07, 6.45) is 2.04. The van der Waals surface area contributed by atoms with Gasteiger partial charge in [-0.25, -0.2) is 4.98 Å². The van der Waals surface area contributed by atoms with Gasteiger partial charge in [0.2, 0.25) is 5.13 Å². The second-order valence-electron chi connectivity index (χ2n) is 4.18. The molecule has 2 rings (SSSR count). The Morgan fingerprint density at radius 3 is 3.18 bits per heavy atom. The molecule has 1 saturated heterocycles. The number of rotatable bonds is 4. The molecule has 0 bridgehead atoms. The molecule has 0 spiro atoms. The summed E-state index contributed by atoms with van der Waals surface area (Å²) < 4.78 is 9.45. The molecule has 1 fully saturated rings. The van der Waals surface area contributed by atoms with Gasteiger partial charge >= 0.3 is 0 Å². The van der Waals surface area contributed by atoms with Crippen LogP contribution >= 0.6 is 23.3 Å². The summed E-state index contributed by atoms with van der Waals surface area (Å²) in [7, 11) is 1.71. The second-order valence-corrected chi connectivity index (χ2v) is 6.13. The molecule has 0 radical (unpaired) electrons. The van der Waals surface area contributed by atoms with Crippen LogP contribution in [0.2, 0.25) is 0 Å². The van der Waals surface area contributed by atoms with Gasteiger partial charge in [-0.1, -0.05) is 0 Å². The molecule has 4 nitrogen and oxygen atoms in total. The van der Waals surface area contributed by atoms with Crippen LogP contribution in [0.3, 0.4) is 0 Å². The highest BCUT2D eigenvalue weighted by molar-refractivity contribution is 7.99. The van der Waals surface area contributed by atoms with E-state index in [0.29, 0.717) is 12.6 Å². The molecule has 1 unspecified atom stereocenters. The molecule has 96 valence electrons. The van der Waals surface area contributed by atoms with Gasteiger partial charge in [-0.2, -0.15) is 16.1 Å². The fraction of sp³-hybridized carbons (Fsp3) is 0.818. The second kappa shape index (κ2) is 6.56. The molecule has 6 heteroatoms. The Balaban J connectivity index is 2.01. The molecule has 0 amide bonds. The summed E-state index contributed by atoms with van der Waals surface area (Å²) in [6, 6.07) is 0.577. The minimum atomic E-state index is 0.577. The number of hydrogen-bond acceptors (Lipinski definition) is 6. The monoisotopic (exact) mass is 273 g/mol. The van der Waals surface area contributed by atoms with E-state index in [1.807, 2.05) is 11.8 Å². The van der Waals surface area contributed by atoms with Crippen molar-refractivity contribution in [3.05, 3.63) is 5.82 Å². The third-order valence-electron chi connectivity index (χ3n) is 2.92. The number of hydrogen-bond donors (Lipinski definition) is 0. The van der Waals surface area contributed by atoms with E-state index >= 15 is 0 Å². The fourth-order valence-corrected chi connectivity index (χ4v) is 3.71. The molecule has 1 aliphatic heterocycles. The maximum atomic E-state index is 5.05. The molecule has 1 aromatic heterocycles. The predicted molar refractivity (Wildman–Crippen MR) is 74.2 cm³/mol. The zero-order valence-corrected chi connectivity index (χ0v) is 12.0. The Labute approximate surface area is 111 Å². The lowest BCUT2D eigenvalue weighted by Gasteiger charge is -2.25. The first-order valence-corrected chi connectivity index (χ1v) is 7.90. The van der Waals surface area contributed by atoms with E-state index in [4.69, 9.17) is 4.74 Å². The Kier molecular flexibility index (Phi) is 5.06. The third-order valence-corrected chi connectivity index (χ3v) is 4.71. The Morgan fingerprint density at radius 1 is 1.47 bits per heavy atom. The number of anilines is 1. The minimum Gasteiger partial charge on any atom is -0.384 e. The van der Waals surface area contributed by atoms with Crippen molar-refractivity contribution in [3.63, 3.8) is 0 Å². The molecule has 0 saturated carbocycles. The molecule has 0 aliphatic carbocycles.